The quantitative estimate of drug-likeness (QED) is 0.194. The van der Waals surface area contributed by atoms with E-state index >= 15 is 0 Å². The van der Waals surface area contributed by atoms with Gasteiger partial charge in [0.05, 0.1) is 25.2 Å². The van der Waals surface area contributed by atoms with E-state index in [4.69, 9.17) is 4.74 Å². The highest BCUT2D eigenvalue weighted by molar-refractivity contribution is 5.98. The summed E-state index contributed by atoms with van der Waals surface area (Å²) in [7, 11) is 0. The van der Waals surface area contributed by atoms with E-state index in [0.29, 0.717) is 23.5 Å². The molecule has 0 spiro atoms. The van der Waals surface area contributed by atoms with Crippen LogP contribution in [0.2, 0.25) is 0 Å². The van der Waals surface area contributed by atoms with E-state index in [1.807, 2.05) is 86.6 Å². The van der Waals surface area contributed by atoms with E-state index in [1.54, 1.807) is 30.5 Å². The second kappa shape index (κ2) is 15.8. The van der Waals surface area contributed by atoms with Gasteiger partial charge in [-0.25, -0.2) is 0 Å². The Morgan fingerprint density at radius 1 is 0.773 bits per heavy atom. The number of para-hydroxylation sites is 1. The maximum Gasteiger partial charge on any atom is 0.252 e. The van der Waals surface area contributed by atoms with Crippen molar-refractivity contribution in [3.05, 3.63) is 114 Å². The third-order valence-corrected chi connectivity index (χ3v) is 6.60. The first-order valence-electron chi connectivity index (χ1n) is 14.5. The van der Waals surface area contributed by atoms with Crippen LogP contribution >= 0.6 is 0 Å². The van der Waals surface area contributed by atoms with Crippen LogP contribution in [0.15, 0.2) is 103 Å². The Balaban J connectivity index is 1.26. The fourth-order valence-electron chi connectivity index (χ4n) is 4.46. The molecule has 0 aliphatic rings. The Bertz CT molecular complexity index is 1570. The van der Waals surface area contributed by atoms with Crippen LogP contribution in [0.1, 0.15) is 36.2 Å². The number of ketones is 1. The second-order valence-electron chi connectivity index (χ2n) is 10.7. The number of carbonyl (C=O) groups is 4. The zero-order chi connectivity index (χ0) is 31.3. The molecule has 1 atom stereocenters. The van der Waals surface area contributed by atoms with Crippen molar-refractivity contribution in [2.24, 2.45) is 5.92 Å². The van der Waals surface area contributed by atoms with Gasteiger partial charge in [0, 0.05) is 17.3 Å². The number of aromatic nitrogens is 1. The smallest absolute Gasteiger partial charge is 0.252 e. The third kappa shape index (κ3) is 9.90. The van der Waals surface area contributed by atoms with Crippen molar-refractivity contribution in [2.45, 2.75) is 32.7 Å². The molecule has 44 heavy (non-hydrogen) atoms. The Labute approximate surface area is 257 Å². The van der Waals surface area contributed by atoms with E-state index in [2.05, 4.69) is 20.9 Å². The highest BCUT2D eigenvalue weighted by Crippen LogP contribution is 2.22. The van der Waals surface area contributed by atoms with Gasteiger partial charge in [0.2, 0.25) is 11.8 Å². The van der Waals surface area contributed by atoms with Crippen molar-refractivity contribution in [3.8, 4) is 22.8 Å². The van der Waals surface area contributed by atoms with Crippen molar-refractivity contribution in [3.63, 3.8) is 0 Å². The minimum Gasteiger partial charge on any atom is -0.457 e. The van der Waals surface area contributed by atoms with Gasteiger partial charge in [0.1, 0.15) is 17.5 Å². The lowest BCUT2D eigenvalue weighted by Gasteiger charge is -2.20. The van der Waals surface area contributed by atoms with Gasteiger partial charge in [0.25, 0.3) is 5.91 Å². The molecule has 1 aromatic heterocycles. The summed E-state index contributed by atoms with van der Waals surface area (Å²) < 4.78 is 5.82. The number of amides is 3. The molecule has 4 rings (SSSR count). The summed E-state index contributed by atoms with van der Waals surface area (Å²) in [6.45, 7) is 3.37. The van der Waals surface area contributed by atoms with Crippen molar-refractivity contribution in [1.29, 1.82) is 0 Å². The number of benzene rings is 3. The molecule has 9 nitrogen and oxygen atoms in total. The molecule has 3 amide bonds. The van der Waals surface area contributed by atoms with Gasteiger partial charge < -0.3 is 20.7 Å². The minimum absolute atomic E-state index is 0.0976. The fraction of sp³-hybridized carbons (Fsp3) is 0.229. The third-order valence-electron chi connectivity index (χ3n) is 6.60. The maximum atomic E-state index is 13.0. The van der Waals surface area contributed by atoms with Crippen LogP contribution in [0.25, 0.3) is 11.3 Å². The molecule has 3 aromatic carbocycles. The number of carbonyl (C=O) groups excluding carboxylic acids is 4. The molecule has 1 heterocycles. The van der Waals surface area contributed by atoms with Crippen molar-refractivity contribution >= 4 is 23.5 Å². The van der Waals surface area contributed by atoms with Gasteiger partial charge >= 0.3 is 0 Å². The average Bonchev–Trinajstić information content (AvgIpc) is 3.03. The van der Waals surface area contributed by atoms with Gasteiger partial charge in [-0.1, -0.05) is 62.4 Å². The lowest BCUT2D eigenvalue weighted by atomic mass is 10.0. The molecule has 226 valence electrons. The predicted molar refractivity (Wildman–Crippen MR) is 168 cm³/mol. The molecule has 0 bridgehead atoms. The highest BCUT2D eigenvalue weighted by Gasteiger charge is 2.23. The van der Waals surface area contributed by atoms with E-state index in [9.17, 15) is 19.2 Å². The largest absolute Gasteiger partial charge is 0.457 e. The number of hydrogen-bond acceptors (Lipinski definition) is 6. The van der Waals surface area contributed by atoms with Crippen LogP contribution in [0.5, 0.6) is 11.5 Å². The summed E-state index contributed by atoms with van der Waals surface area (Å²) in [5, 5.41) is 8.00. The number of pyridine rings is 1. The molecule has 9 heteroatoms. The van der Waals surface area contributed by atoms with Gasteiger partial charge in [0.15, 0.2) is 5.78 Å². The average molecular weight is 593 g/mol. The van der Waals surface area contributed by atoms with Crippen molar-refractivity contribution in [1.82, 2.24) is 20.9 Å². The number of nitrogens with zero attached hydrogens (tertiary/aromatic N) is 1. The number of rotatable bonds is 14. The van der Waals surface area contributed by atoms with E-state index in [1.165, 1.54) is 0 Å². The predicted octanol–water partition coefficient (Wildman–Crippen LogP) is 4.73. The Morgan fingerprint density at radius 3 is 2.25 bits per heavy atom. The topological polar surface area (TPSA) is 126 Å². The molecular weight excluding hydrogens is 556 g/mol. The normalized spacial score (nSPS) is 11.3. The van der Waals surface area contributed by atoms with E-state index in [0.717, 1.165) is 16.8 Å². The van der Waals surface area contributed by atoms with Gasteiger partial charge in [-0.15, -0.1) is 0 Å². The molecule has 0 radical (unpaired) electrons. The number of ether oxygens (including phenoxy) is 1. The SMILES string of the molecule is CC(C)C[C@H](NC(=O)c1cccc(Oc2ccccc2)c1)C(=O)NCC(=O)CNC(=O)Cc1cccc(-c2ccccn2)c1. The zero-order valence-electron chi connectivity index (χ0n) is 24.8. The Hall–Kier alpha value is -5.31. The Morgan fingerprint density at radius 2 is 1.50 bits per heavy atom. The minimum atomic E-state index is -0.852. The van der Waals surface area contributed by atoms with E-state index in [-0.39, 0.29) is 37.1 Å². The first-order valence-corrected chi connectivity index (χ1v) is 14.5. The lowest BCUT2D eigenvalue weighted by Crippen LogP contribution is -2.49. The molecule has 3 N–H and O–H groups in total. The Kier molecular flexibility index (Phi) is 11.3. The summed E-state index contributed by atoms with van der Waals surface area (Å²) in [6.07, 6.45) is 2.18. The highest BCUT2D eigenvalue weighted by atomic mass is 16.5. The monoisotopic (exact) mass is 592 g/mol. The van der Waals surface area contributed by atoms with E-state index < -0.39 is 17.9 Å². The van der Waals surface area contributed by atoms with Gasteiger partial charge in [-0.2, -0.15) is 0 Å². The van der Waals surface area contributed by atoms with Crippen LogP contribution in [0, 0.1) is 5.92 Å². The van der Waals surface area contributed by atoms with Crippen molar-refractivity contribution in [2.75, 3.05) is 13.1 Å². The molecule has 0 unspecified atom stereocenters. The van der Waals surface area contributed by atoms with Gasteiger partial charge in [-0.3, -0.25) is 24.2 Å². The second-order valence-corrected chi connectivity index (χ2v) is 10.7. The maximum absolute atomic E-state index is 13.0. The number of Topliss-reactive ketones (excluding diaryl/α,β-unsaturated/α-hetero) is 1. The first kappa shape index (κ1) is 31.6. The molecule has 0 aliphatic carbocycles. The molecular formula is C35H36N4O5. The molecule has 0 aliphatic heterocycles. The summed E-state index contributed by atoms with van der Waals surface area (Å²) >= 11 is 0. The first-order chi connectivity index (χ1) is 21.3. The van der Waals surface area contributed by atoms with Crippen LogP contribution in [0.3, 0.4) is 0 Å². The summed E-state index contributed by atoms with van der Waals surface area (Å²) in [4.78, 5) is 55.3. The summed E-state index contributed by atoms with van der Waals surface area (Å²) in [5.41, 5.74) is 2.82. The zero-order valence-corrected chi connectivity index (χ0v) is 24.8. The summed E-state index contributed by atoms with van der Waals surface area (Å²) in [6, 6.07) is 28.2. The molecule has 0 fully saturated rings. The molecule has 0 saturated heterocycles. The summed E-state index contributed by atoms with van der Waals surface area (Å²) in [5.74, 6) is -0.365. The molecule has 4 aromatic rings. The van der Waals surface area contributed by atoms with Gasteiger partial charge in [-0.05, 0) is 66.4 Å². The fourth-order valence-corrected chi connectivity index (χ4v) is 4.46. The standard InChI is InChI=1S/C35H36N4O5/c1-24(2)18-32(39-34(42)27-12-9-15-30(21-27)44-29-13-4-3-5-14-29)35(43)38-23-28(40)22-37-33(41)20-25-10-8-11-26(19-25)31-16-6-7-17-36-31/h3-17,19,21,24,32H,18,20,22-23H2,1-2H3,(H,37,41)(H,38,43)(H,39,42)/t32-/m0/s1. The van der Waals surface area contributed by atoms with Crippen LogP contribution < -0.4 is 20.7 Å². The molecule has 0 saturated carbocycles. The van der Waals surface area contributed by atoms with Crippen LogP contribution in [-0.4, -0.2) is 47.6 Å². The number of nitrogens with one attached hydrogen (secondary N) is 3. The van der Waals surface area contributed by atoms with Crippen molar-refractivity contribution < 1.29 is 23.9 Å². The van der Waals surface area contributed by atoms with Crippen LogP contribution in [-0.2, 0) is 20.8 Å². The number of hydrogen-bond donors (Lipinski definition) is 3. The van der Waals surface area contributed by atoms with Crippen LogP contribution in [0.4, 0.5) is 0 Å². The lowest BCUT2D eigenvalue weighted by molar-refractivity contribution is -0.127.